The SMILES string of the molecule is COc1cc(C=CC(=O)C2=C(C(=O)O)CC(O)C(O)C2O)ccc1O. The van der Waals surface area contributed by atoms with Gasteiger partial charge >= 0.3 is 5.97 Å². The number of hydrogen-bond donors (Lipinski definition) is 5. The smallest absolute Gasteiger partial charge is 0.332 e. The lowest BCUT2D eigenvalue weighted by Gasteiger charge is -2.30. The molecule has 0 fully saturated rings. The Hall–Kier alpha value is -2.68. The van der Waals surface area contributed by atoms with Crippen molar-refractivity contribution in [2.24, 2.45) is 0 Å². The van der Waals surface area contributed by atoms with Gasteiger partial charge in [-0.1, -0.05) is 12.1 Å². The highest BCUT2D eigenvalue weighted by molar-refractivity contribution is 6.11. The van der Waals surface area contributed by atoms with Crippen molar-refractivity contribution in [1.29, 1.82) is 0 Å². The summed E-state index contributed by atoms with van der Waals surface area (Å²) in [7, 11) is 1.36. The van der Waals surface area contributed by atoms with Gasteiger partial charge in [0.05, 0.1) is 13.2 Å². The van der Waals surface area contributed by atoms with Gasteiger partial charge in [0.1, 0.15) is 12.2 Å². The number of carboxylic acid groups (broad SMARTS) is 1. The Morgan fingerprint density at radius 3 is 2.52 bits per heavy atom. The van der Waals surface area contributed by atoms with Crippen LogP contribution >= 0.6 is 0 Å². The number of carbonyl (C=O) groups is 2. The quantitative estimate of drug-likeness (QED) is 0.461. The number of hydrogen-bond acceptors (Lipinski definition) is 7. The first kappa shape index (κ1) is 18.7. The van der Waals surface area contributed by atoms with Crippen molar-refractivity contribution in [3.05, 3.63) is 41.0 Å². The molecule has 0 aliphatic heterocycles. The first-order valence-electron chi connectivity index (χ1n) is 7.36. The lowest BCUT2D eigenvalue weighted by atomic mass is 9.83. The summed E-state index contributed by atoms with van der Waals surface area (Å²) < 4.78 is 4.94. The van der Waals surface area contributed by atoms with E-state index in [2.05, 4.69) is 0 Å². The van der Waals surface area contributed by atoms with E-state index < -0.39 is 47.6 Å². The van der Waals surface area contributed by atoms with E-state index in [-0.39, 0.29) is 11.5 Å². The number of phenolic OH excluding ortho intramolecular Hbond substituents is 1. The summed E-state index contributed by atoms with van der Waals surface area (Å²) in [5.41, 5.74) is -0.415. The second-order valence-electron chi connectivity index (χ2n) is 5.53. The number of allylic oxidation sites excluding steroid dienone is 1. The van der Waals surface area contributed by atoms with Crippen molar-refractivity contribution in [3.8, 4) is 11.5 Å². The van der Waals surface area contributed by atoms with Gasteiger partial charge in [-0.3, -0.25) is 4.79 Å². The second-order valence-corrected chi connectivity index (χ2v) is 5.53. The summed E-state index contributed by atoms with van der Waals surface area (Å²) in [6.45, 7) is 0. The molecule has 5 N–H and O–H groups in total. The first-order valence-corrected chi connectivity index (χ1v) is 7.36. The molecule has 1 aliphatic carbocycles. The first-order chi connectivity index (χ1) is 11.8. The number of aliphatic hydroxyl groups excluding tert-OH is 3. The topological polar surface area (TPSA) is 145 Å². The number of aliphatic carboxylic acids is 1. The zero-order valence-corrected chi connectivity index (χ0v) is 13.3. The van der Waals surface area contributed by atoms with Crippen LogP contribution in [0.15, 0.2) is 35.4 Å². The Balaban J connectivity index is 2.34. The van der Waals surface area contributed by atoms with E-state index in [0.29, 0.717) is 5.56 Å². The Morgan fingerprint density at radius 1 is 1.24 bits per heavy atom. The monoisotopic (exact) mass is 350 g/mol. The maximum Gasteiger partial charge on any atom is 0.332 e. The van der Waals surface area contributed by atoms with Crippen molar-refractivity contribution >= 4 is 17.8 Å². The van der Waals surface area contributed by atoms with E-state index in [1.54, 1.807) is 0 Å². The van der Waals surface area contributed by atoms with Crippen LogP contribution in [0.2, 0.25) is 0 Å². The number of benzene rings is 1. The number of phenols is 1. The normalized spacial score (nSPS) is 23.8. The minimum Gasteiger partial charge on any atom is -0.504 e. The fourth-order valence-electron chi connectivity index (χ4n) is 2.56. The van der Waals surface area contributed by atoms with E-state index in [9.17, 15) is 35.1 Å². The standard InChI is InChI=1S/C17H18O8/c1-25-13-6-8(2-4-10(13)18)3-5-11(19)14-9(17(23)24)7-12(20)15(21)16(14)22/h2-6,12,15-16,18,20-22H,7H2,1H3,(H,23,24). The van der Waals surface area contributed by atoms with Crippen LogP contribution in [0.25, 0.3) is 6.08 Å². The molecule has 0 saturated heterocycles. The molecule has 1 aromatic carbocycles. The van der Waals surface area contributed by atoms with Crippen molar-refractivity contribution in [2.45, 2.75) is 24.7 Å². The Labute approximate surface area is 142 Å². The summed E-state index contributed by atoms with van der Waals surface area (Å²) in [6.07, 6.45) is -2.98. The number of rotatable bonds is 5. The van der Waals surface area contributed by atoms with E-state index >= 15 is 0 Å². The van der Waals surface area contributed by atoms with Gasteiger partial charge in [0.25, 0.3) is 0 Å². The van der Waals surface area contributed by atoms with E-state index in [4.69, 9.17) is 4.74 Å². The van der Waals surface area contributed by atoms with Crippen LogP contribution in [0.4, 0.5) is 0 Å². The van der Waals surface area contributed by atoms with Crippen LogP contribution in [-0.2, 0) is 9.59 Å². The highest BCUT2D eigenvalue weighted by Gasteiger charge is 2.39. The molecule has 0 saturated carbocycles. The maximum absolute atomic E-state index is 12.3. The number of ether oxygens (including phenoxy) is 1. The highest BCUT2D eigenvalue weighted by atomic mass is 16.5. The highest BCUT2D eigenvalue weighted by Crippen LogP contribution is 2.29. The van der Waals surface area contributed by atoms with Crippen molar-refractivity contribution in [3.63, 3.8) is 0 Å². The van der Waals surface area contributed by atoms with Gasteiger partial charge < -0.3 is 30.3 Å². The second kappa shape index (κ2) is 7.47. The third-order valence-electron chi connectivity index (χ3n) is 3.91. The molecule has 0 bridgehead atoms. The number of ketones is 1. The van der Waals surface area contributed by atoms with Gasteiger partial charge in [-0.05, 0) is 23.8 Å². The molecule has 25 heavy (non-hydrogen) atoms. The summed E-state index contributed by atoms with van der Waals surface area (Å²) in [6, 6.07) is 4.33. The van der Waals surface area contributed by atoms with Crippen LogP contribution in [0.1, 0.15) is 12.0 Å². The Kier molecular flexibility index (Phi) is 5.58. The minimum atomic E-state index is -1.80. The lowest BCUT2D eigenvalue weighted by molar-refractivity contribution is -0.135. The molecule has 0 heterocycles. The predicted octanol–water partition coefficient (Wildman–Crippen LogP) is -0.149. The zero-order valence-electron chi connectivity index (χ0n) is 13.3. The third kappa shape index (κ3) is 3.87. The van der Waals surface area contributed by atoms with Gasteiger partial charge in [-0.15, -0.1) is 0 Å². The van der Waals surface area contributed by atoms with Crippen LogP contribution < -0.4 is 4.74 Å². The van der Waals surface area contributed by atoms with Crippen molar-refractivity contribution < 1.29 is 39.9 Å². The van der Waals surface area contributed by atoms with Crippen LogP contribution in [-0.4, -0.2) is 62.7 Å². The molecule has 3 unspecified atom stereocenters. The van der Waals surface area contributed by atoms with Gasteiger partial charge in [0.2, 0.25) is 0 Å². The largest absolute Gasteiger partial charge is 0.504 e. The number of carbonyl (C=O) groups excluding carboxylic acids is 1. The predicted molar refractivity (Wildman–Crippen MR) is 86.0 cm³/mol. The minimum absolute atomic E-state index is 0.0818. The number of aromatic hydroxyl groups is 1. The van der Waals surface area contributed by atoms with Gasteiger partial charge in [-0.2, -0.15) is 0 Å². The summed E-state index contributed by atoms with van der Waals surface area (Å²) in [5, 5.41) is 48.0. The van der Waals surface area contributed by atoms with Gasteiger partial charge in [0.15, 0.2) is 17.3 Å². The Bertz CT molecular complexity index is 749. The summed E-state index contributed by atoms with van der Waals surface area (Å²) in [5.74, 6) is -2.14. The molecule has 0 spiro atoms. The molecular formula is C17H18O8. The Morgan fingerprint density at radius 2 is 1.92 bits per heavy atom. The zero-order chi connectivity index (χ0) is 18.7. The molecular weight excluding hydrogens is 332 g/mol. The molecule has 0 radical (unpaired) electrons. The molecule has 3 atom stereocenters. The van der Waals surface area contributed by atoms with Gasteiger partial charge in [0, 0.05) is 17.6 Å². The molecule has 134 valence electrons. The fourth-order valence-corrected chi connectivity index (χ4v) is 2.56. The number of methoxy groups -OCH3 is 1. The van der Waals surface area contributed by atoms with Crippen LogP contribution in [0.3, 0.4) is 0 Å². The molecule has 1 aliphatic rings. The molecule has 0 amide bonds. The third-order valence-corrected chi connectivity index (χ3v) is 3.91. The molecule has 1 aromatic rings. The maximum atomic E-state index is 12.3. The fraction of sp³-hybridized carbons (Fsp3) is 0.294. The molecule has 2 rings (SSSR count). The van der Waals surface area contributed by atoms with Crippen molar-refractivity contribution in [1.82, 2.24) is 0 Å². The average Bonchev–Trinajstić information content (AvgIpc) is 2.58. The summed E-state index contributed by atoms with van der Waals surface area (Å²) in [4.78, 5) is 23.6. The lowest BCUT2D eigenvalue weighted by Crippen LogP contribution is -2.45. The molecule has 8 nitrogen and oxygen atoms in total. The molecule has 0 aromatic heterocycles. The van der Waals surface area contributed by atoms with E-state index in [0.717, 1.165) is 6.08 Å². The molecule has 8 heteroatoms. The van der Waals surface area contributed by atoms with E-state index in [1.807, 2.05) is 0 Å². The average molecular weight is 350 g/mol. The van der Waals surface area contributed by atoms with Crippen LogP contribution in [0, 0.1) is 0 Å². The number of carboxylic acids is 1. The van der Waals surface area contributed by atoms with Crippen LogP contribution in [0.5, 0.6) is 11.5 Å². The number of aliphatic hydroxyl groups is 3. The van der Waals surface area contributed by atoms with Crippen molar-refractivity contribution in [2.75, 3.05) is 7.11 Å². The van der Waals surface area contributed by atoms with E-state index in [1.165, 1.54) is 31.4 Å². The summed E-state index contributed by atoms with van der Waals surface area (Å²) >= 11 is 0. The van der Waals surface area contributed by atoms with Gasteiger partial charge in [-0.25, -0.2) is 4.79 Å².